The number of likely N-dealkylation sites (tertiary alicyclic amines) is 1. The summed E-state index contributed by atoms with van der Waals surface area (Å²) in [6.07, 6.45) is 8.53. The lowest BCUT2D eigenvalue weighted by molar-refractivity contribution is -0.122. The summed E-state index contributed by atoms with van der Waals surface area (Å²) in [5.74, 6) is 2.79. The van der Waals surface area contributed by atoms with Crippen LogP contribution >= 0.6 is 11.6 Å². The number of nitriles is 1. The van der Waals surface area contributed by atoms with Crippen LogP contribution in [0.25, 0.3) is 0 Å². The average molecular weight is 663 g/mol. The molecule has 2 heterocycles. The molecule has 0 radical (unpaired) electrons. The van der Waals surface area contributed by atoms with Crippen molar-refractivity contribution in [2.45, 2.75) is 89.9 Å². The van der Waals surface area contributed by atoms with Gasteiger partial charge in [0.2, 0.25) is 11.9 Å². The van der Waals surface area contributed by atoms with E-state index in [1.807, 2.05) is 45.0 Å². The van der Waals surface area contributed by atoms with Crippen molar-refractivity contribution < 1.29 is 14.3 Å². The third kappa shape index (κ3) is 8.10. The SMILES string of the molecule is CC(C)(C)OC(=O)N1CCC(NC(=O)CNC2[C@@H]3CC4C[C@H]2CC(CNc2nc(NCc5ccccc5Cl)ncc2C#N)(C4)C3)CC1. The van der Waals surface area contributed by atoms with Crippen LogP contribution < -0.4 is 21.3 Å². The zero-order chi connectivity index (χ0) is 33.2. The second kappa shape index (κ2) is 13.9. The topological polar surface area (TPSA) is 144 Å². The van der Waals surface area contributed by atoms with Gasteiger partial charge in [0.15, 0.2) is 0 Å². The highest BCUT2D eigenvalue weighted by Crippen LogP contribution is 2.60. The van der Waals surface area contributed by atoms with Gasteiger partial charge in [0.1, 0.15) is 23.1 Å². The molecule has 1 aromatic carbocycles. The highest BCUT2D eigenvalue weighted by molar-refractivity contribution is 6.31. The molecule has 4 aliphatic carbocycles. The van der Waals surface area contributed by atoms with Gasteiger partial charge in [-0.05, 0) is 101 Å². The lowest BCUT2D eigenvalue weighted by Gasteiger charge is -2.60. The zero-order valence-corrected chi connectivity index (χ0v) is 28.4. The van der Waals surface area contributed by atoms with Crippen molar-refractivity contribution in [1.82, 2.24) is 25.5 Å². The Morgan fingerprint density at radius 1 is 1.11 bits per heavy atom. The first-order valence-electron chi connectivity index (χ1n) is 17.0. The fraction of sp³-hybridized carbons (Fsp3) is 0.629. The number of piperidine rings is 1. The first-order valence-corrected chi connectivity index (χ1v) is 17.4. The van der Waals surface area contributed by atoms with Crippen LogP contribution in [0.1, 0.15) is 76.8 Å². The van der Waals surface area contributed by atoms with Crippen molar-refractivity contribution in [2.24, 2.45) is 23.2 Å². The Kier molecular flexibility index (Phi) is 9.81. The maximum Gasteiger partial charge on any atom is 0.410 e. The zero-order valence-electron chi connectivity index (χ0n) is 27.7. The van der Waals surface area contributed by atoms with Gasteiger partial charge in [-0.2, -0.15) is 10.2 Å². The number of carbonyl (C=O) groups is 2. The summed E-state index contributed by atoms with van der Waals surface area (Å²) in [6.45, 7) is 8.35. The number of hydrogen-bond donors (Lipinski definition) is 4. The fourth-order valence-corrected chi connectivity index (χ4v) is 8.74. The van der Waals surface area contributed by atoms with Gasteiger partial charge in [-0.25, -0.2) is 9.78 Å². The molecule has 1 aliphatic heterocycles. The van der Waals surface area contributed by atoms with Crippen LogP contribution in [0.2, 0.25) is 5.02 Å². The molecule has 7 rings (SSSR count). The molecule has 5 atom stereocenters. The minimum absolute atomic E-state index is 0.0256. The lowest BCUT2D eigenvalue weighted by atomic mass is 9.48. The normalized spacial score (nSPS) is 26.8. The minimum atomic E-state index is -0.514. The number of ether oxygens (including phenoxy) is 1. The van der Waals surface area contributed by atoms with E-state index in [1.54, 1.807) is 11.1 Å². The molecule has 5 fully saturated rings. The van der Waals surface area contributed by atoms with Crippen molar-refractivity contribution in [2.75, 3.05) is 36.8 Å². The van der Waals surface area contributed by atoms with Gasteiger partial charge in [-0.3, -0.25) is 4.79 Å². The summed E-state index contributed by atoms with van der Waals surface area (Å²) >= 11 is 6.31. The Labute approximate surface area is 282 Å². The van der Waals surface area contributed by atoms with Crippen LogP contribution in [0.4, 0.5) is 16.6 Å². The fourth-order valence-electron chi connectivity index (χ4n) is 8.54. The van der Waals surface area contributed by atoms with Gasteiger partial charge in [0.25, 0.3) is 0 Å². The number of nitrogens with one attached hydrogen (secondary N) is 4. The third-order valence-corrected chi connectivity index (χ3v) is 10.7. The Balaban J connectivity index is 0.986. The van der Waals surface area contributed by atoms with E-state index in [0.29, 0.717) is 72.3 Å². The van der Waals surface area contributed by atoms with Crippen LogP contribution in [0.5, 0.6) is 0 Å². The van der Waals surface area contributed by atoms with Crippen LogP contribution in [-0.4, -0.2) is 70.7 Å². The standard InChI is InChI=1S/C35H47ClN8O3/c1-34(2,3)47-33(46)44-10-8-27(9-11-44)42-29(45)20-38-30-24-12-22-13-25(30)16-35(14-22,15-24)21-41-31-26(17-37)19-40-32(43-31)39-18-23-6-4-5-7-28(23)36/h4-7,19,22,24-25,27,30,38H,8-16,18,20-21H2,1-3H3,(H,42,45)(H2,39,40,41,43)/t22?,24-,25+,30?,35?. The van der Waals surface area contributed by atoms with Gasteiger partial charge >= 0.3 is 6.09 Å². The molecule has 2 amide bonds. The number of aromatic nitrogens is 2. The molecule has 4 N–H and O–H groups in total. The second-order valence-corrected chi connectivity index (χ2v) is 15.5. The van der Waals surface area contributed by atoms with Crippen molar-refractivity contribution >= 4 is 35.4 Å². The number of carbonyl (C=O) groups excluding carboxylic acids is 2. The summed E-state index contributed by atoms with van der Waals surface area (Å²) in [7, 11) is 0. The number of amides is 2. The Bertz CT molecular complexity index is 1480. The van der Waals surface area contributed by atoms with Crippen molar-refractivity contribution in [3.05, 3.63) is 46.6 Å². The van der Waals surface area contributed by atoms with Crippen molar-refractivity contribution in [3.8, 4) is 6.07 Å². The van der Waals surface area contributed by atoms with Crippen molar-refractivity contribution in [1.29, 1.82) is 5.26 Å². The molecule has 1 saturated heterocycles. The first-order chi connectivity index (χ1) is 22.5. The molecule has 5 aliphatic rings. The molecule has 4 saturated carbocycles. The van der Waals surface area contributed by atoms with Crippen LogP contribution in [-0.2, 0) is 16.1 Å². The van der Waals surface area contributed by atoms with E-state index < -0.39 is 5.60 Å². The summed E-state index contributed by atoms with van der Waals surface area (Å²) in [4.78, 5) is 36.1. The highest BCUT2D eigenvalue weighted by atomic mass is 35.5. The summed E-state index contributed by atoms with van der Waals surface area (Å²) in [6, 6.07) is 10.3. The van der Waals surface area contributed by atoms with E-state index in [1.165, 1.54) is 19.3 Å². The minimum Gasteiger partial charge on any atom is -0.444 e. The van der Waals surface area contributed by atoms with Crippen LogP contribution in [0, 0.1) is 34.5 Å². The van der Waals surface area contributed by atoms with Crippen LogP contribution in [0.3, 0.4) is 0 Å². The second-order valence-electron chi connectivity index (χ2n) is 15.1. The molecular weight excluding hydrogens is 616 g/mol. The molecule has 11 nitrogen and oxygen atoms in total. The quantitative estimate of drug-likeness (QED) is 0.265. The van der Waals surface area contributed by atoms with E-state index in [9.17, 15) is 14.9 Å². The summed E-state index contributed by atoms with van der Waals surface area (Å²) < 4.78 is 5.49. The Morgan fingerprint density at radius 3 is 2.51 bits per heavy atom. The summed E-state index contributed by atoms with van der Waals surface area (Å²) in [5, 5.41) is 24.1. The summed E-state index contributed by atoms with van der Waals surface area (Å²) in [5.41, 5.74) is 1.02. The maximum atomic E-state index is 13.0. The van der Waals surface area contributed by atoms with E-state index >= 15 is 0 Å². The maximum absolute atomic E-state index is 13.0. The molecule has 47 heavy (non-hydrogen) atoms. The molecule has 1 aromatic heterocycles. The molecule has 12 heteroatoms. The molecule has 4 bridgehead atoms. The molecule has 2 aromatic rings. The molecule has 3 unspecified atom stereocenters. The smallest absolute Gasteiger partial charge is 0.410 e. The number of anilines is 2. The van der Waals surface area contributed by atoms with E-state index in [-0.39, 0.29) is 23.5 Å². The molecular formula is C35H47ClN8O3. The number of benzene rings is 1. The van der Waals surface area contributed by atoms with Gasteiger partial charge in [-0.1, -0.05) is 29.8 Å². The Hall–Kier alpha value is -3.62. The van der Waals surface area contributed by atoms with E-state index in [0.717, 1.165) is 37.8 Å². The number of rotatable bonds is 10. The van der Waals surface area contributed by atoms with Gasteiger partial charge in [0.05, 0.1) is 12.7 Å². The van der Waals surface area contributed by atoms with E-state index in [4.69, 9.17) is 16.3 Å². The van der Waals surface area contributed by atoms with E-state index in [2.05, 4.69) is 37.3 Å². The van der Waals surface area contributed by atoms with Crippen molar-refractivity contribution in [3.63, 3.8) is 0 Å². The van der Waals surface area contributed by atoms with Gasteiger partial charge in [0, 0.05) is 43.3 Å². The third-order valence-electron chi connectivity index (χ3n) is 10.3. The number of nitrogens with zero attached hydrogens (tertiary/aromatic N) is 4. The average Bonchev–Trinajstić information content (AvgIpc) is 3.02. The molecule has 0 spiro atoms. The first kappa shape index (κ1) is 33.3. The predicted octanol–water partition coefficient (Wildman–Crippen LogP) is 5.33. The monoisotopic (exact) mass is 662 g/mol. The Morgan fingerprint density at radius 2 is 1.83 bits per heavy atom. The number of hydrogen-bond acceptors (Lipinski definition) is 9. The largest absolute Gasteiger partial charge is 0.444 e. The predicted molar refractivity (Wildman–Crippen MR) is 181 cm³/mol. The number of halogens is 1. The van der Waals surface area contributed by atoms with Crippen LogP contribution in [0.15, 0.2) is 30.5 Å². The van der Waals surface area contributed by atoms with Gasteiger partial charge < -0.3 is 30.9 Å². The highest BCUT2D eigenvalue weighted by Gasteiger charge is 2.55. The molecule has 252 valence electrons. The lowest BCUT2D eigenvalue weighted by Crippen LogP contribution is -2.60. The van der Waals surface area contributed by atoms with Gasteiger partial charge in [-0.15, -0.1) is 0 Å².